The van der Waals surface area contributed by atoms with Gasteiger partial charge in [0.2, 0.25) is 17.8 Å². The molecule has 2 fully saturated rings. The molecule has 9 heteroatoms. The van der Waals surface area contributed by atoms with Gasteiger partial charge in [0.15, 0.2) is 0 Å². The molecule has 2 aliphatic heterocycles. The number of aromatic hydroxyl groups is 1. The number of phenolic OH excluding ortho intramolecular Hbond substituents is 1. The van der Waals surface area contributed by atoms with Crippen LogP contribution in [-0.4, -0.2) is 59.6 Å². The molecule has 0 unspecified atom stereocenters. The minimum Gasteiger partial charge on any atom is -0.507 e. The van der Waals surface area contributed by atoms with Gasteiger partial charge in [0, 0.05) is 31.7 Å². The lowest BCUT2D eigenvalue weighted by Crippen LogP contribution is -2.25. The number of nitrogens with zero attached hydrogens (tertiary/aromatic N) is 6. The van der Waals surface area contributed by atoms with Crippen molar-refractivity contribution in [3.05, 3.63) is 23.8 Å². The number of nitrogens with one attached hydrogen (secondary N) is 1. The van der Waals surface area contributed by atoms with E-state index in [9.17, 15) is 5.11 Å². The summed E-state index contributed by atoms with van der Waals surface area (Å²) in [6.07, 6.45) is 6.13. The van der Waals surface area contributed by atoms with Crippen LogP contribution in [-0.2, 0) is 0 Å². The Bertz CT molecular complexity index is 812. The van der Waals surface area contributed by atoms with Crippen LogP contribution in [0.1, 0.15) is 31.2 Å². The van der Waals surface area contributed by atoms with E-state index in [1.165, 1.54) is 6.21 Å². The van der Waals surface area contributed by atoms with E-state index in [1.807, 2.05) is 0 Å². The maximum atomic E-state index is 9.97. The molecule has 28 heavy (non-hydrogen) atoms. The van der Waals surface area contributed by atoms with Gasteiger partial charge in [0.1, 0.15) is 11.5 Å². The van der Waals surface area contributed by atoms with Gasteiger partial charge in [-0.3, -0.25) is 0 Å². The van der Waals surface area contributed by atoms with Crippen molar-refractivity contribution in [1.29, 1.82) is 0 Å². The number of aromatic nitrogens is 3. The first-order valence-electron chi connectivity index (χ1n) is 9.65. The van der Waals surface area contributed by atoms with E-state index in [0.29, 0.717) is 29.2 Å². The Labute approximate surface area is 164 Å². The molecular formula is C19H25N7O2. The van der Waals surface area contributed by atoms with E-state index in [-0.39, 0.29) is 5.75 Å². The average Bonchev–Trinajstić information content (AvgIpc) is 3.43. The second-order valence-corrected chi connectivity index (χ2v) is 6.94. The molecule has 1 aromatic heterocycles. The molecule has 3 heterocycles. The quantitative estimate of drug-likeness (QED) is 0.579. The lowest BCUT2D eigenvalue weighted by Gasteiger charge is -2.20. The summed E-state index contributed by atoms with van der Waals surface area (Å²) in [5.41, 5.74) is 3.43. The van der Waals surface area contributed by atoms with E-state index in [2.05, 4.69) is 35.3 Å². The minimum absolute atomic E-state index is 0.123. The summed E-state index contributed by atoms with van der Waals surface area (Å²) in [5, 5.41) is 14.2. The molecule has 148 valence electrons. The van der Waals surface area contributed by atoms with Gasteiger partial charge in [-0.25, -0.2) is 5.43 Å². The highest BCUT2D eigenvalue weighted by Crippen LogP contribution is 2.23. The fourth-order valence-electron chi connectivity index (χ4n) is 3.44. The van der Waals surface area contributed by atoms with E-state index in [4.69, 9.17) is 4.74 Å². The topological polar surface area (TPSA) is 99.0 Å². The van der Waals surface area contributed by atoms with Crippen molar-refractivity contribution in [2.45, 2.75) is 25.7 Å². The Balaban J connectivity index is 1.56. The third-order valence-electron chi connectivity index (χ3n) is 4.99. The second-order valence-electron chi connectivity index (χ2n) is 6.94. The van der Waals surface area contributed by atoms with Gasteiger partial charge in [0.25, 0.3) is 0 Å². The van der Waals surface area contributed by atoms with E-state index >= 15 is 0 Å². The van der Waals surface area contributed by atoms with Gasteiger partial charge in [-0.1, -0.05) is 0 Å². The molecule has 2 N–H and O–H groups in total. The van der Waals surface area contributed by atoms with Crippen LogP contribution < -0.4 is 20.0 Å². The van der Waals surface area contributed by atoms with Gasteiger partial charge >= 0.3 is 0 Å². The molecular weight excluding hydrogens is 358 g/mol. The minimum atomic E-state index is 0.123. The highest BCUT2D eigenvalue weighted by Gasteiger charge is 2.21. The molecule has 4 rings (SSSR count). The SMILES string of the molecule is COc1ccc(O)c(C=NNc2nc(N3CCCC3)nc(N3CCCC3)n2)c1. The molecule has 1 aromatic carbocycles. The van der Waals surface area contributed by atoms with Crippen LogP contribution in [0.2, 0.25) is 0 Å². The normalized spacial score (nSPS) is 16.9. The Morgan fingerprint density at radius 1 is 1.00 bits per heavy atom. The Hall–Kier alpha value is -3.10. The fraction of sp³-hybridized carbons (Fsp3) is 0.474. The predicted octanol–water partition coefficient (Wildman–Crippen LogP) is 2.23. The highest BCUT2D eigenvalue weighted by molar-refractivity contribution is 5.84. The first-order chi connectivity index (χ1) is 13.7. The zero-order chi connectivity index (χ0) is 19.3. The van der Waals surface area contributed by atoms with E-state index in [0.717, 1.165) is 51.9 Å². The van der Waals surface area contributed by atoms with Crippen molar-refractivity contribution in [3.8, 4) is 11.5 Å². The van der Waals surface area contributed by atoms with Gasteiger partial charge in [-0.15, -0.1) is 0 Å². The third-order valence-corrected chi connectivity index (χ3v) is 4.99. The summed E-state index contributed by atoms with van der Waals surface area (Å²) < 4.78 is 5.18. The van der Waals surface area contributed by atoms with Crippen molar-refractivity contribution in [2.24, 2.45) is 5.10 Å². The Kier molecular flexibility index (Phi) is 5.41. The predicted molar refractivity (Wildman–Crippen MR) is 109 cm³/mol. The van der Waals surface area contributed by atoms with Crippen LogP contribution in [0.4, 0.5) is 17.8 Å². The van der Waals surface area contributed by atoms with Crippen molar-refractivity contribution < 1.29 is 9.84 Å². The number of ether oxygens (including phenoxy) is 1. The van der Waals surface area contributed by atoms with Crippen LogP contribution in [0.15, 0.2) is 23.3 Å². The molecule has 0 saturated carbocycles. The standard InChI is InChI=1S/C19H25N7O2/c1-28-15-6-7-16(27)14(12-15)13-20-24-17-21-18(25-8-2-3-9-25)23-19(22-17)26-10-4-5-11-26/h6-7,12-13,27H,2-5,8-11H2,1H3,(H,21,22,23,24). The molecule has 2 saturated heterocycles. The van der Waals surface area contributed by atoms with Crippen molar-refractivity contribution in [1.82, 2.24) is 15.0 Å². The molecule has 2 aliphatic rings. The van der Waals surface area contributed by atoms with Crippen LogP contribution in [0.3, 0.4) is 0 Å². The van der Waals surface area contributed by atoms with Gasteiger partial charge in [0.05, 0.1) is 13.3 Å². The summed E-state index contributed by atoms with van der Waals surface area (Å²) in [5.74, 6) is 2.55. The zero-order valence-electron chi connectivity index (χ0n) is 16.0. The lowest BCUT2D eigenvalue weighted by atomic mass is 10.2. The van der Waals surface area contributed by atoms with Crippen molar-refractivity contribution in [3.63, 3.8) is 0 Å². The summed E-state index contributed by atoms with van der Waals surface area (Å²) in [4.78, 5) is 18.1. The maximum Gasteiger partial charge on any atom is 0.250 e. The zero-order valence-corrected chi connectivity index (χ0v) is 16.0. The number of hydrazone groups is 1. The number of hydrogen-bond acceptors (Lipinski definition) is 9. The molecule has 9 nitrogen and oxygen atoms in total. The first kappa shape index (κ1) is 18.3. The number of anilines is 3. The molecule has 0 aliphatic carbocycles. The number of hydrogen-bond donors (Lipinski definition) is 2. The number of rotatable bonds is 6. The van der Waals surface area contributed by atoms with Gasteiger partial charge in [-0.2, -0.15) is 20.1 Å². The van der Waals surface area contributed by atoms with Crippen LogP contribution in [0.25, 0.3) is 0 Å². The maximum absolute atomic E-state index is 9.97. The molecule has 0 amide bonds. The van der Waals surface area contributed by atoms with Gasteiger partial charge < -0.3 is 19.6 Å². The first-order valence-corrected chi connectivity index (χ1v) is 9.65. The smallest absolute Gasteiger partial charge is 0.250 e. The second kappa shape index (κ2) is 8.28. The third kappa shape index (κ3) is 4.08. The number of benzene rings is 1. The van der Waals surface area contributed by atoms with Gasteiger partial charge in [-0.05, 0) is 43.9 Å². The Morgan fingerprint density at radius 2 is 1.61 bits per heavy atom. The van der Waals surface area contributed by atoms with Crippen LogP contribution >= 0.6 is 0 Å². The molecule has 0 bridgehead atoms. The number of phenols is 1. The summed E-state index contributed by atoms with van der Waals surface area (Å²) in [7, 11) is 1.58. The average molecular weight is 383 g/mol. The number of methoxy groups -OCH3 is 1. The summed E-state index contributed by atoms with van der Waals surface area (Å²) in [6, 6.07) is 4.97. The van der Waals surface area contributed by atoms with E-state index in [1.54, 1.807) is 25.3 Å². The van der Waals surface area contributed by atoms with Crippen LogP contribution in [0.5, 0.6) is 11.5 Å². The lowest BCUT2D eigenvalue weighted by molar-refractivity contribution is 0.412. The fourth-order valence-corrected chi connectivity index (χ4v) is 3.44. The van der Waals surface area contributed by atoms with Crippen molar-refractivity contribution in [2.75, 3.05) is 48.5 Å². The molecule has 0 radical (unpaired) electrons. The Morgan fingerprint density at radius 3 is 2.18 bits per heavy atom. The molecule has 2 aromatic rings. The summed E-state index contributed by atoms with van der Waals surface area (Å²) in [6.45, 7) is 3.85. The van der Waals surface area contributed by atoms with Crippen molar-refractivity contribution >= 4 is 24.1 Å². The largest absolute Gasteiger partial charge is 0.507 e. The van der Waals surface area contributed by atoms with Crippen LogP contribution in [0, 0.1) is 0 Å². The molecule has 0 atom stereocenters. The monoisotopic (exact) mass is 383 g/mol. The van der Waals surface area contributed by atoms with E-state index < -0.39 is 0 Å². The molecule has 0 spiro atoms. The highest BCUT2D eigenvalue weighted by atomic mass is 16.5. The summed E-state index contributed by atoms with van der Waals surface area (Å²) >= 11 is 0.